The summed E-state index contributed by atoms with van der Waals surface area (Å²) in [6, 6.07) is 11.1. The lowest BCUT2D eigenvalue weighted by atomic mass is 9.99. The Morgan fingerprint density at radius 1 is 1.25 bits per heavy atom. The summed E-state index contributed by atoms with van der Waals surface area (Å²) in [7, 11) is 1.66. The number of hydrogen-bond acceptors (Lipinski definition) is 3. The zero-order chi connectivity index (χ0) is 17.3. The summed E-state index contributed by atoms with van der Waals surface area (Å²) in [6.07, 6.45) is 0.170. The lowest BCUT2D eigenvalue weighted by Crippen LogP contribution is -2.39. The van der Waals surface area contributed by atoms with Gasteiger partial charge in [-0.3, -0.25) is 9.59 Å². The normalized spacial score (nSPS) is 20.2. The summed E-state index contributed by atoms with van der Waals surface area (Å²) >= 11 is 0. The summed E-state index contributed by atoms with van der Waals surface area (Å²) in [4.78, 5) is 26.0. The molecule has 2 amide bonds. The Morgan fingerprint density at radius 3 is 2.62 bits per heavy atom. The average Bonchev–Trinajstić information content (AvgIpc) is 2.83. The lowest BCUT2D eigenvalue weighted by molar-refractivity contribution is -0.127. The van der Waals surface area contributed by atoms with Crippen LogP contribution in [0.1, 0.15) is 28.4 Å². The maximum absolute atomic E-state index is 13.1. The second kappa shape index (κ2) is 6.31. The molecule has 2 unspecified atom stereocenters. The molecule has 6 heteroatoms. The Bertz CT molecular complexity index is 776. The number of phenols is 1. The third-order valence-corrected chi connectivity index (χ3v) is 4.22. The molecule has 2 aromatic carbocycles. The highest BCUT2D eigenvalue weighted by Gasteiger charge is 2.39. The van der Waals surface area contributed by atoms with Crippen molar-refractivity contribution in [3.05, 3.63) is 65.5 Å². The first-order chi connectivity index (χ1) is 11.5. The van der Waals surface area contributed by atoms with E-state index in [1.165, 1.54) is 24.3 Å². The van der Waals surface area contributed by atoms with Crippen LogP contribution in [-0.2, 0) is 4.79 Å². The number of rotatable bonds is 3. The van der Waals surface area contributed by atoms with Gasteiger partial charge >= 0.3 is 0 Å². The molecule has 124 valence electrons. The van der Waals surface area contributed by atoms with Crippen LogP contribution in [0.4, 0.5) is 4.39 Å². The summed E-state index contributed by atoms with van der Waals surface area (Å²) in [6.45, 7) is 0. The third-order valence-electron chi connectivity index (χ3n) is 4.22. The number of aromatic hydroxyl groups is 1. The van der Waals surface area contributed by atoms with Crippen LogP contribution < -0.4 is 5.32 Å². The van der Waals surface area contributed by atoms with Crippen molar-refractivity contribution in [1.82, 2.24) is 10.2 Å². The summed E-state index contributed by atoms with van der Waals surface area (Å²) in [5, 5.41) is 12.3. The molecule has 1 aliphatic heterocycles. The fourth-order valence-corrected chi connectivity index (χ4v) is 3.01. The van der Waals surface area contributed by atoms with E-state index < -0.39 is 6.04 Å². The number of hydrogen-bond donors (Lipinski definition) is 2. The molecular weight excluding hydrogens is 311 g/mol. The number of benzene rings is 2. The topological polar surface area (TPSA) is 69.6 Å². The van der Waals surface area contributed by atoms with Gasteiger partial charge in [-0.25, -0.2) is 4.39 Å². The second-order valence-electron chi connectivity index (χ2n) is 5.84. The van der Waals surface area contributed by atoms with E-state index in [2.05, 4.69) is 5.32 Å². The molecule has 5 nitrogen and oxygen atoms in total. The number of amides is 2. The quantitative estimate of drug-likeness (QED) is 0.908. The van der Waals surface area contributed by atoms with Gasteiger partial charge in [-0.1, -0.05) is 18.2 Å². The fourth-order valence-electron chi connectivity index (χ4n) is 3.01. The molecule has 2 aromatic rings. The Hall–Kier alpha value is -2.89. The Labute approximate surface area is 138 Å². The number of carbonyl (C=O) groups excluding carboxylic acids is 2. The van der Waals surface area contributed by atoms with Gasteiger partial charge in [0.1, 0.15) is 11.6 Å². The summed E-state index contributed by atoms with van der Waals surface area (Å²) in [5.41, 5.74) is 1.07. The van der Waals surface area contributed by atoms with E-state index in [0.717, 1.165) is 5.56 Å². The minimum Gasteiger partial charge on any atom is -0.508 e. The number of likely N-dealkylation sites (N-methyl/N-ethyl adjacent to an activating group) is 1. The monoisotopic (exact) mass is 328 g/mol. The Morgan fingerprint density at radius 2 is 1.96 bits per heavy atom. The van der Waals surface area contributed by atoms with Gasteiger partial charge in [0.25, 0.3) is 5.91 Å². The van der Waals surface area contributed by atoms with Gasteiger partial charge in [0.2, 0.25) is 5.91 Å². The van der Waals surface area contributed by atoms with Crippen molar-refractivity contribution >= 4 is 11.8 Å². The van der Waals surface area contributed by atoms with Crippen LogP contribution in [0.25, 0.3) is 0 Å². The molecule has 1 saturated heterocycles. The number of nitrogens with zero attached hydrogens (tertiary/aromatic N) is 1. The molecule has 1 heterocycles. The first kappa shape index (κ1) is 16.0. The molecule has 0 radical (unpaired) electrons. The summed E-state index contributed by atoms with van der Waals surface area (Å²) < 4.78 is 13.1. The van der Waals surface area contributed by atoms with Crippen LogP contribution >= 0.6 is 0 Å². The van der Waals surface area contributed by atoms with Gasteiger partial charge in [0, 0.05) is 19.0 Å². The van der Waals surface area contributed by atoms with Crippen molar-refractivity contribution in [2.45, 2.75) is 18.5 Å². The third kappa shape index (κ3) is 3.08. The molecular formula is C18H17FN2O3. The molecule has 0 saturated carbocycles. The van der Waals surface area contributed by atoms with E-state index in [1.807, 2.05) is 0 Å². The van der Waals surface area contributed by atoms with Crippen molar-refractivity contribution < 1.29 is 19.1 Å². The number of phenolic OH excluding ortho intramolecular Hbond substituents is 1. The smallest absolute Gasteiger partial charge is 0.251 e. The maximum Gasteiger partial charge on any atom is 0.251 e. The predicted molar refractivity (Wildman–Crippen MR) is 85.9 cm³/mol. The highest BCUT2D eigenvalue weighted by molar-refractivity contribution is 5.95. The van der Waals surface area contributed by atoms with E-state index in [4.69, 9.17) is 0 Å². The first-order valence-electron chi connectivity index (χ1n) is 7.57. The standard InChI is InChI=1S/C18H17FN2O3/c1-21-16(23)10-15(17(21)11-5-7-13(19)8-6-11)20-18(24)12-3-2-4-14(22)9-12/h2-9,15,17,22H,10H2,1H3,(H,20,24). The molecule has 24 heavy (non-hydrogen) atoms. The van der Waals surface area contributed by atoms with Crippen molar-refractivity contribution in [3.8, 4) is 5.75 Å². The largest absolute Gasteiger partial charge is 0.508 e. The van der Waals surface area contributed by atoms with Gasteiger partial charge in [0.05, 0.1) is 12.1 Å². The fraction of sp³-hybridized carbons (Fsp3) is 0.222. The van der Waals surface area contributed by atoms with Crippen LogP contribution in [0.2, 0.25) is 0 Å². The SMILES string of the molecule is CN1C(=O)CC(NC(=O)c2cccc(O)c2)C1c1ccc(F)cc1. The zero-order valence-corrected chi connectivity index (χ0v) is 13.1. The lowest BCUT2D eigenvalue weighted by Gasteiger charge is -2.26. The van der Waals surface area contributed by atoms with E-state index >= 15 is 0 Å². The maximum atomic E-state index is 13.1. The molecule has 0 spiro atoms. The number of carbonyl (C=O) groups is 2. The van der Waals surface area contributed by atoms with Gasteiger partial charge < -0.3 is 15.3 Å². The Kier molecular flexibility index (Phi) is 4.20. The van der Waals surface area contributed by atoms with Crippen LogP contribution in [0.5, 0.6) is 5.75 Å². The predicted octanol–water partition coefficient (Wildman–Crippen LogP) is 2.23. The number of nitrogens with one attached hydrogen (secondary N) is 1. The molecule has 1 aliphatic rings. The van der Waals surface area contributed by atoms with Crippen molar-refractivity contribution in [2.75, 3.05) is 7.05 Å². The van der Waals surface area contributed by atoms with Crippen LogP contribution in [0, 0.1) is 5.82 Å². The highest BCUT2D eigenvalue weighted by Crippen LogP contribution is 2.32. The van der Waals surface area contributed by atoms with Gasteiger partial charge in [0.15, 0.2) is 0 Å². The van der Waals surface area contributed by atoms with Gasteiger partial charge in [-0.15, -0.1) is 0 Å². The van der Waals surface area contributed by atoms with E-state index in [9.17, 15) is 19.1 Å². The number of likely N-dealkylation sites (tertiary alicyclic amines) is 1. The molecule has 0 aromatic heterocycles. The van der Waals surface area contributed by atoms with Crippen LogP contribution in [0.3, 0.4) is 0 Å². The molecule has 2 atom stereocenters. The molecule has 2 N–H and O–H groups in total. The van der Waals surface area contributed by atoms with Crippen LogP contribution in [0.15, 0.2) is 48.5 Å². The molecule has 0 aliphatic carbocycles. The average molecular weight is 328 g/mol. The zero-order valence-electron chi connectivity index (χ0n) is 13.1. The molecule has 1 fully saturated rings. The Balaban J connectivity index is 1.84. The van der Waals surface area contributed by atoms with Gasteiger partial charge in [-0.2, -0.15) is 0 Å². The molecule has 3 rings (SSSR count). The van der Waals surface area contributed by atoms with Crippen LogP contribution in [-0.4, -0.2) is 34.9 Å². The number of halogens is 1. The van der Waals surface area contributed by atoms with E-state index in [0.29, 0.717) is 5.56 Å². The first-order valence-corrected chi connectivity index (χ1v) is 7.57. The summed E-state index contributed by atoms with van der Waals surface area (Å²) in [5.74, 6) is -0.819. The van der Waals surface area contributed by atoms with Crippen molar-refractivity contribution in [2.24, 2.45) is 0 Å². The minimum absolute atomic E-state index is 0.00245. The van der Waals surface area contributed by atoms with Crippen molar-refractivity contribution in [3.63, 3.8) is 0 Å². The van der Waals surface area contributed by atoms with Crippen molar-refractivity contribution in [1.29, 1.82) is 0 Å². The van der Waals surface area contributed by atoms with E-state index in [1.54, 1.807) is 36.2 Å². The van der Waals surface area contributed by atoms with E-state index in [-0.39, 0.29) is 35.8 Å². The second-order valence-corrected chi connectivity index (χ2v) is 5.84. The molecule has 0 bridgehead atoms. The minimum atomic E-state index is -0.428. The van der Waals surface area contributed by atoms with Gasteiger partial charge in [-0.05, 0) is 35.9 Å². The highest BCUT2D eigenvalue weighted by atomic mass is 19.1.